The number of pyridine rings is 1. The van der Waals surface area contributed by atoms with Crippen LogP contribution in [0.5, 0.6) is 0 Å². The largest absolute Gasteiger partial charge is 0.462 e. The SMILES string of the molecule is CCOC(=O)c1ccc(N2CCCN(Cc3ccc(F)cc3)CC2)nc1. The average molecular weight is 357 g/mol. The second-order valence-electron chi connectivity index (χ2n) is 6.37. The summed E-state index contributed by atoms with van der Waals surface area (Å²) in [5.74, 6) is 0.336. The van der Waals surface area contributed by atoms with E-state index in [0.29, 0.717) is 12.2 Å². The fourth-order valence-electron chi connectivity index (χ4n) is 3.11. The van der Waals surface area contributed by atoms with E-state index in [2.05, 4.69) is 14.8 Å². The number of hydrogen-bond donors (Lipinski definition) is 0. The van der Waals surface area contributed by atoms with E-state index in [1.807, 2.05) is 18.2 Å². The van der Waals surface area contributed by atoms with Gasteiger partial charge in [0, 0.05) is 38.9 Å². The molecular formula is C20H24FN3O2. The molecule has 0 N–H and O–H groups in total. The molecule has 1 aliphatic heterocycles. The van der Waals surface area contributed by atoms with Gasteiger partial charge >= 0.3 is 5.97 Å². The summed E-state index contributed by atoms with van der Waals surface area (Å²) in [6.07, 6.45) is 2.61. The Balaban J connectivity index is 1.57. The van der Waals surface area contributed by atoms with E-state index in [4.69, 9.17) is 4.74 Å². The standard InChI is InChI=1S/C20H24FN3O2/c1-2-26-20(25)17-6-9-19(22-14-17)24-11-3-10-23(12-13-24)15-16-4-7-18(21)8-5-16/h4-9,14H,2-3,10-13,15H2,1H3. The first-order valence-electron chi connectivity index (χ1n) is 9.00. The third kappa shape index (κ3) is 4.79. The summed E-state index contributed by atoms with van der Waals surface area (Å²) >= 11 is 0. The van der Waals surface area contributed by atoms with E-state index in [9.17, 15) is 9.18 Å². The summed E-state index contributed by atoms with van der Waals surface area (Å²) in [5, 5.41) is 0. The van der Waals surface area contributed by atoms with Gasteiger partial charge in [-0.1, -0.05) is 12.1 Å². The molecule has 3 rings (SSSR count). The molecule has 0 spiro atoms. The highest BCUT2D eigenvalue weighted by molar-refractivity contribution is 5.89. The van der Waals surface area contributed by atoms with Crippen LogP contribution < -0.4 is 4.90 Å². The molecule has 1 fully saturated rings. The third-order valence-electron chi connectivity index (χ3n) is 4.49. The van der Waals surface area contributed by atoms with Crippen molar-refractivity contribution < 1.29 is 13.9 Å². The topological polar surface area (TPSA) is 45.7 Å². The maximum atomic E-state index is 13.0. The van der Waals surface area contributed by atoms with Crippen LogP contribution >= 0.6 is 0 Å². The quantitative estimate of drug-likeness (QED) is 0.770. The Hall–Kier alpha value is -2.47. The number of hydrogen-bond acceptors (Lipinski definition) is 5. The van der Waals surface area contributed by atoms with Crippen LogP contribution in [0, 0.1) is 5.82 Å². The van der Waals surface area contributed by atoms with Gasteiger partial charge in [-0.3, -0.25) is 4.90 Å². The molecule has 5 nitrogen and oxygen atoms in total. The molecule has 1 aromatic heterocycles. The van der Waals surface area contributed by atoms with E-state index in [-0.39, 0.29) is 11.8 Å². The normalized spacial score (nSPS) is 15.5. The maximum Gasteiger partial charge on any atom is 0.339 e. The van der Waals surface area contributed by atoms with E-state index in [1.165, 1.54) is 12.1 Å². The molecule has 2 aromatic rings. The summed E-state index contributed by atoms with van der Waals surface area (Å²) < 4.78 is 18.0. The van der Waals surface area contributed by atoms with Crippen molar-refractivity contribution in [3.05, 3.63) is 59.5 Å². The Morgan fingerprint density at radius 3 is 2.62 bits per heavy atom. The highest BCUT2D eigenvalue weighted by Gasteiger charge is 2.17. The van der Waals surface area contributed by atoms with Gasteiger partial charge in [0.2, 0.25) is 0 Å². The first kappa shape index (κ1) is 18.3. The van der Waals surface area contributed by atoms with Gasteiger partial charge in [0.15, 0.2) is 0 Å². The molecule has 0 aliphatic carbocycles. The number of nitrogens with zero attached hydrogens (tertiary/aromatic N) is 3. The zero-order chi connectivity index (χ0) is 18.4. The number of halogens is 1. The zero-order valence-electron chi connectivity index (χ0n) is 15.0. The van der Waals surface area contributed by atoms with Crippen molar-refractivity contribution >= 4 is 11.8 Å². The lowest BCUT2D eigenvalue weighted by Gasteiger charge is -2.23. The highest BCUT2D eigenvalue weighted by Crippen LogP contribution is 2.16. The summed E-state index contributed by atoms with van der Waals surface area (Å²) in [6, 6.07) is 10.3. The number of anilines is 1. The molecule has 1 saturated heterocycles. The van der Waals surface area contributed by atoms with Crippen molar-refractivity contribution in [1.82, 2.24) is 9.88 Å². The highest BCUT2D eigenvalue weighted by atomic mass is 19.1. The molecule has 138 valence electrons. The molecule has 0 radical (unpaired) electrons. The van der Waals surface area contributed by atoms with Crippen molar-refractivity contribution in [3.8, 4) is 0 Å². The van der Waals surface area contributed by atoms with Gasteiger partial charge in [-0.05, 0) is 43.2 Å². The summed E-state index contributed by atoms with van der Waals surface area (Å²) in [6.45, 7) is 6.67. The summed E-state index contributed by atoms with van der Waals surface area (Å²) in [5.41, 5.74) is 1.60. The van der Waals surface area contributed by atoms with Gasteiger partial charge < -0.3 is 9.64 Å². The lowest BCUT2D eigenvalue weighted by atomic mass is 10.2. The molecular weight excluding hydrogens is 333 g/mol. The minimum absolute atomic E-state index is 0.201. The van der Waals surface area contributed by atoms with Crippen LogP contribution in [-0.2, 0) is 11.3 Å². The van der Waals surface area contributed by atoms with Crippen LogP contribution in [0.15, 0.2) is 42.6 Å². The zero-order valence-corrected chi connectivity index (χ0v) is 15.0. The fraction of sp³-hybridized carbons (Fsp3) is 0.400. The molecule has 0 amide bonds. The van der Waals surface area contributed by atoms with Gasteiger partial charge in [0.05, 0.1) is 12.2 Å². The Morgan fingerprint density at radius 2 is 1.92 bits per heavy atom. The Morgan fingerprint density at radius 1 is 1.12 bits per heavy atom. The van der Waals surface area contributed by atoms with Crippen molar-refractivity contribution in [2.75, 3.05) is 37.7 Å². The van der Waals surface area contributed by atoms with Gasteiger partial charge in [-0.25, -0.2) is 14.2 Å². The molecule has 0 unspecified atom stereocenters. The van der Waals surface area contributed by atoms with Crippen LogP contribution in [0.25, 0.3) is 0 Å². The van der Waals surface area contributed by atoms with Crippen molar-refractivity contribution in [1.29, 1.82) is 0 Å². The molecule has 0 saturated carbocycles. The predicted octanol–water partition coefficient (Wildman–Crippen LogP) is 3.11. The summed E-state index contributed by atoms with van der Waals surface area (Å²) in [4.78, 5) is 20.8. The number of carbonyl (C=O) groups is 1. The Labute approximate surface area is 153 Å². The molecule has 2 heterocycles. The smallest absolute Gasteiger partial charge is 0.339 e. The van der Waals surface area contributed by atoms with E-state index >= 15 is 0 Å². The second kappa shape index (κ2) is 8.76. The first-order valence-corrected chi connectivity index (χ1v) is 9.00. The lowest BCUT2D eigenvalue weighted by molar-refractivity contribution is 0.0526. The fourth-order valence-corrected chi connectivity index (χ4v) is 3.11. The van der Waals surface area contributed by atoms with Crippen LogP contribution in [-0.4, -0.2) is 48.6 Å². The molecule has 0 bridgehead atoms. The number of benzene rings is 1. The van der Waals surface area contributed by atoms with Crippen molar-refractivity contribution in [2.45, 2.75) is 19.9 Å². The van der Waals surface area contributed by atoms with Crippen LogP contribution in [0.2, 0.25) is 0 Å². The lowest BCUT2D eigenvalue weighted by Crippen LogP contribution is -2.31. The minimum atomic E-state index is -0.340. The molecule has 0 atom stereocenters. The minimum Gasteiger partial charge on any atom is -0.462 e. The average Bonchev–Trinajstić information content (AvgIpc) is 2.90. The van der Waals surface area contributed by atoms with Crippen LogP contribution in [0.3, 0.4) is 0 Å². The molecule has 26 heavy (non-hydrogen) atoms. The molecule has 6 heteroatoms. The Bertz CT molecular complexity index is 719. The number of rotatable bonds is 5. The number of ether oxygens (including phenoxy) is 1. The van der Waals surface area contributed by atoms with Gasteiger partial charge in [-0.2, -0.15) is 0 Å². The predicted molar refractivity (Wildman–Crippen MR) is 98.7 cm³/mol. The monoisotopic (exact) mass is 357 g/mol. The second-order valence-corrected chi connectivity index (χ2v) is 6.37. The van der Waals surface area contributed by atoms with E-state index in [1.54, 1.807) is 19.2 Å². The van der Waals surface area contributed by atoms with Gasteiger partial charge in [0.25, 0.3) is 0 Å². The maximum absolute atomic E-state index is 13.0. The van der Waals surface area contributed by atoms with Gasteiger partial charge in [-0.15, -0.1) is 0 Å². The van der Waals surface area contributed by atoms with Crippen molar-refractivity contribution in [2.24, 2.45) is 0 Å². The Kier molecular flexibility index (Phi) is 6.17. The van der Waals surface area contributed by atoms with Gasteiger partial charge in [0.1, 0.15) is 11.6 Å². The number of carbonyl (C=O) groups excluding carboxylic acids is 1. The van der Waals surface area contributed by atoms with E-state index < -0.39 is 0 Å². The summed E-state index contributed by atoms with van der Waals surface area (Å²) in [7, 11) is 0. The van der Waals surface area contributed by atoms with Crippen LogP contribution in [0.1, 0.15) is 29.3 Å². The first-order chi connectivity index (χ1) is 12.7. The number of aromatic nitrogens is 1. The van der Waals surface area contributed by atoms with Crippen molar-refractivity contribution in [3.63, 3.8) is 0 Å². The molecule has 1 aromatic carbocycles. The van der Waals surface area contributed by atoms with Crippen LogP contribution in [0.4, 0.5) is 10.2 Å². The van der Waals surface area contributed by atoms with E-state index in [0.717, 1.165) is 50.5 Å². The molecule has 1 aliphatic rings. The number of esters is 1. The third-order valence-corrected chi connectivity index (χ3v) is 4.49.